The van der Waals surface area contributed by atoms with Crippen LogP contribution >= 0.6 is 0 Å². The number of carbonyl (C=O) groups is 3. The summed E-state index contributed by atoms with van der Waals surface area (Å²) in [4.78, 5) is 50.8. The van der Waals surface area contributed by atoms with Crippen molar-refractivity contribution in [3.63, 3.8) is 0 Å². The molecule has 15 heteroatoms. The van der Waals surface area contributed by atoms with E-state index in [0.717, 1.165) is 4.57 Å². The summed E-state index contributed by atoms with van der Waals surface area (Å²) in [6.45, 7) is 4.88. The van der Waals surface area contributed by atoms with Crippen molar-refractivity contribution in [3.8, 4) is 0 Å². The Morgan fingerprint density at radius 2 is 1.97 bits per heavy atom. The largest absolute Gasteiger partial charge is 0.447 e. The minimum absolute atomic E-state index is 0.116. The van der Waals surface area contributed by atoms with Gasteiger partial charge in [0.15, 0.2) is 6.23 Å². The predicted molar refractivity (Wildman–Crippen MR) is 116 cm³/mol. The summed E-state index contributed by atoms with van der Waals surface area (Å²) in [5, 5.41) is 34.3. The minimum atomic E-state index is -1.88. The second-order valence-electron chi connectivity index (χ2n) is 8.20. The van der Waals surface area contributed by atoms with E-state index in [0.29, 0.717) is 0 Å². The van der Waals surface area contributed by atoms with Crippen molar-refractivity contribution in [1.82, 2.24) is 14.9 Å². The van der Waals surface area contributed by atoms with Gasteiger partial charge in [-0.3, -0.25) is 14.7 Å². The van der Waals surface area contributed by atoms with Gasteiger partial charge >= 0.3 is 23.8 Å². The van der Waals surface area contributed by atoms with E-state index in [2.05, 4.69) is 15.6 Å². The Morgan fingerprint density at radius 1 is 1.29 bits per heavy atom. The average molecular weight is 502 g/mol. The molecule has 196 valence electrons. The summed E-state index contributed by atoms with van der Waals surface area (Å²) in [5.41, 5.74) is -2.79. The van der Waals surface area contributed by atoms with Crippen molar-refractivity contribution in [2.45, 2.75) is 58.0 Å². The first-order chi connectivity index (χ1) is 16.4. The van der Waals surface area contributed by atoms with Gasteiger partial charge in [-0.15, -0.1) is 0 Å². The number of nitrogens with zero attached hydrogens (tertiary/aromatic N) is 2. The van der Waals surface area contributed by atoms with Gasteiger partial charge in [0.2, 0.25) is 0 Å². The normalized spacial score (nSPS) is 24.5. The van der Waals surface area contributed by atoms with Gasteiger partial charge in [-0.2, -0.15) is 4.98 Å². The Balaban J connectivity index is 1.83. The molecule has 5 N–H and O–H groups in total. The smallest absolute Gasteiger partial charge is 0.412 e. The van der Waals surface area contributed by atoms with Crippen LogP contribution in [0.25, 0.3) is 0 Å². The fourth-order valence-electron chi connectivity index (χ4n) is 3.10. The molecule has 1 aliphatic rings. The number of amides is 2. The molecule has 1 aliphatic heterocycles. The van der Waals surface area contributed by atoms with E-state index >= 15 is 0 Å². The summed E-state index contributed by atoms with van der Waals surface area (Å²) in [7, 11) is 0. The molecule has 1 fully saturated rings. The van der Waals surface area contributed by atoms with Crippen LogP contribution in [-0.2, 0) is 23.7 Å². The molecule has 0 aliphatic carbocycles. The Hall–Kier alpha value is -3.27. The van der Waals surface area contributed by atoms with Crippen LogP contribution in [0.1, 0.15) is 33.9 Å². The number of hydrogen-bond acceptors (Lipinski definition) is 12. The number of ether oxygens (including phenoxy) is 4. The fraction of sp³-hybridized carbons (Fsp3) is 0.650. The third-order valence-corrected chi connectivity index (χ3v) is 4.90. The first-order valence-corrected chi connectivity index (χ1v) is 10.7. The molecule has 0 radical (unpaired) electrons. The third kappa shape index (κ3) is 7.35. The van der Waals surface area contributed by atoms with E-state index in [9.17, 15) is 34.5 Å². The Bertz CT molecular complexity index is 965. The number of esters is 1. The standard InChI is InChI=1S/C20H30N4O11/c1-10(2)15(33-11(3)26)35-18(29)21-6-8-32-19(30)23-13-5-7-24(17(28)22-13)16-20(4,31)14(27)12(9-25)34-16/h5,7,10,12,14-16,25,27,31H,6,8-9H2,1-4H3,(H,21,29)(H,22,23,28,30)/t12-,14-,15?,16-,20-/m1/s1. The molecular formula is C20H30N4O11. The van der Waals surface area contributed by atoms with E-state index < -0.39 is 60.8 Å². The zero-order chi connectivity index (χ0) is 26.3. The van der Waals surface area contributed by atoms with Crippen molar-refractivity contribution in [1.29, 1.82) is 0 Å². The van der Waals surface area contributed by atoms with E-state index in [1.165, 1.54) is 26.1 Å². The first kappa shape index (κ1) is 28.0. The van der Waals surface area contributed by atoms with E-state index in [-0.39, 0.29) is 24.9 Å². The SMILES string of the molecule is CC(=O)OC(OC(=O)NCCOC(=O)Nc1ccn([C@@H]2O[C@H](CO)[C@@H](O)[C@@]2(C)O)c(=O)n1)C(C)C. The molecule has 1 saturated heterocycles. The van der Waals surface area contributed by atoms with E-state index in [1.54, 1.807) is 13.8 Å². The second kappa shape index (κ2) is 11.9. The number of aromatic nitrogens is 2. The maximum absolute atomic E-state index is 12.4. The van der Waals surface area contributed by atoms with Crippen LogP contribution in [-0.4, -0.2) is 86.9 Å². The molecule has 2 amide bonds. The molecule has 2 rings (SSSR count). The molecule has 1 aromatic rings. The summed E-state index contributed by atoms with van der Waals surface area (Å²) < 4.78 is 21.0. The lowest BCUT2D eigenvalue weighted by molar-refractivity contribution is -0.172. The van der Waals surface area contributed by atoms with Crippen molar-refractivity contribution in [2.24, 2.45) is 5.92 Å². The maximum atomic E-state index is 12.4. The lowest BCUT2D eigenvalue weighted by Crippen LogP contribution is -2.46. The van der Waals surface area contributed by atoms with Gasteiger partial charge in [0.25, 0.3) is 6.29 Å². The zero-order valence-electron chi connectivity index (χ0n) is 19.7. The van der Waals surface area contributed by atoms with Crippen LogP contribution in [0.5, 0.6) is 0 Å². The molecule has 0 aromatic carbocycles. The van der Waals surface area contributed by atoms with Crippen LogP contribution in [0.4, 0.5) is 15.4 Å². The van der Waals surface area contributed by atoms with Crippen molar-refractivity contribution >= 4 is 24.0 Å². The van der Waals surface area contributed by atoms with Crippen LogP contribution in [0.2, 0.25) is 0 Å². The summed E-state index contributed by atoms with van der Waals surface area (Å²) in [5.74, 6) is -1.05. The van der Waals surface area contributed by atoms with Gasteiger partial charge in [-0.1, -0.05) is 13.8 Å². The third-order valence-electron chi connectivity index (χ3n) is 4.90. The molecular weight excluding hydrogens is 472 g/mol. The molecule has 0 saturated carbocycles. The molecule has 35 heavy (non-hydrogen) atoms. The highest BCUT2D eigenvalue weighted by Gasteiger charge is 2.53. The zero-order valence-corrected chi connectivity index (χ0v) is 19.7. The quantitative estimate of drug-likeness (QED) is 0.158. The van der Waals surface area contributed by atoms with Crippen LogP contribution in [0.15, 0.2) is 17.1 Å². The fourth-order valence-corrected chi connectivity index (χ4v) is 3.10. The number of nitrogens with one attached hydrogen (secondary N) is 2. The molecule has 1 unspecified atom stereocenters. The van der Waals surface area contributed by atoms with Crippen molar-refractivity contribution in [3.05, 3.63) is 22.7 Å². The molecule has 5 atom stereocenters. The summed E-state index contributed by atoms with van der Waals surface area (Å²) in [6, 6.07) is 1.23. The molecule has 15 nitrogen and oxygen atoms in total. The monoisotopic (exact) mass is 502 g/mol. The Morgan fingerprint density at radius 3 is 2.51 bits per heavy atom. The van der Waals surface area contributed by atoms with Gasteiger partial charge in [-0.25, -0.2) is 14.4 Å². The Kier molecular flexibility index (Phi) is 9.53. The number of rotatable bonds is 9. The number of aliphatic hydroxyl groups excluding tert-OH is 2. The maximum Gasteiger partial charge on any atom is 0.412 e. The van der Waals surface area contributed by atoms with Gasteiger partial charge in [0.05, 0.1) is 13.2 Å². The first-order valence-electron chi connectivity index (χ1n) is 10.7. The summed E-state index contributed by atoms with van der Waals surface area (Å²) in [6.07, 6.45) is -5.59. The number of hydrogen-bond donors (Lipinski definition) is 5. The lowest BCUT2D eigenvalue weighted by atomic mass is 9.96. The Labute approximate surface area is 199 Å². The second-order valence-corrected chi connectivity index (χ2v) is 8.20. The van der Waals surface area contributed by atoms with Crippen LogP contribution in [0.3, 0.4) is 0 Å². The predicted octanol–water partition coefficient (Wildman–Crippen LogP) is -0.935. The van der Waals surface area contributed by atoms with Crippen LogP contribution in [0, 0.1) is 5.92 Å². The minimum Gasteiger partial charge on any atom is -0.447 e. The van der Waals surface area contributed by atoms with E-state index in [1.807, 2.05) is 0 Å². The van der Waals surface area contributed by atoms with Crippen LogP contribution < -0.4 is 16.3 Å². The van der Waals surface area contributed by atoms with Crippen molar-refractivity contribution < 1.29 is 48.7 Å². The van der Waals surface area contributed by atoms with E-state index in [4.69, 9.17) is 18.9 Å². The highest BCUT2D eigenvalue weighted by atomic mass is 16.7. The van der Waals surface area contributed by atoms with Crippen molar-refractivity contribution in [2.75, 3.05) is 25.1 Å². The number of anilines is 1. The molecule has 2 heterocycles. The average Bonchev–Trinajstić information content (AvgIpc) is 2.99. The molecule has 0 bridgehead atoms. The van der Waals surface area contributed by atoms with Gasteiger partial charge in [-0.05, 0) is 13.0 Å². The molecule has 0 spiro atoms. The highest BCUT2D eigenvalue weighted by Crippen LogP contribution is 2.37. The van der Waals surface area contributed by atoms with Gasteiger partial charge in [0, 0.05) is 19.0 Å². The number of carbonyl (C=O) groups excluding carboxylic acids is 3. The van der Waals surface area contributed by atoms with Gasteiger partial charge in [0.1, 0.15) is 30.2 Å². The number of alkyl carbamates (subject to hydrolysis) is 1. The topological polar surface area (TPSA) is 208 Å². The number of aliphatic hydroxyl groups is 3. The summed E-state index contributed by atoms with van der Waals surface area (Å²) >= 11 is 0. The van der Waals surface area contributed by atoms with Gasteiger partial charge < -0.3 is 39.6 Å². The lowest BCUT2D eigenvalue weighted by Gasteiger charge is -2.27. The molecule has 1 aromatic heterocycles. The highest BCUT2D eigenvalue weighted by molar-refractivity contribution is 5.83.